The Morgan fingerprint density at radius 2 is 2.35 bits per heavy atom. The Kier molecular flexibility index (Phi) is 5.63. The summed E-state index contributed by atoms with van der Waals surface area (Å²) in [6.07, 6.45) is 5.47. The van der Waals surface area contributed by atoms with Crippen LogP contribution in [0.1, 0.15) is 24.3 Å². The Morgan fingerprint density at radius 3 is 3.09 bits per heavy atom. The van der Waals surface area contributed by atoms with E-state index >= 15 is 0 Å². The smallest absolute Gasteiger partial charge is 0.248 e. The van der Waals surface area contributed by atoms with E-state index < -0.39 is 0 Å². The summed E-state index contributed by atoms with van der Waals surface area (Å²) in [6, 6.07) is 0.499. The van der Waals surface area contributed by atoms with E-state index in [1.54, 1.807) is 30.3 Å². The van der Waals surface area contributed by atoms with Crippen molar-refractivity contribution in [3.63, 3.8) is 0 Å². The van der Waals surface area contributed by atoms with Crippen LogP contribution in [0.5, 0.6) is 0 Å². The zero-order valence-corrected chi connectivity index (χ0v) is 14.6. The van der Waals surface area contributed by atoms with E-state index in [0.29, 0.717) is 18.8 Å². The van der Waals surface area contributed by atoms with E-state index in [2.05, 4.69) is 9.88 Å². The van der Waals surface area contributed by atoms with Crippen LogP contribution in [0.4, 0.5) is 0 Å². The lowest BCUT2D eigenvalue weighted by Gasteiger charge is -2.35. The molecule has 3 atom stereocenters. The van der Waals surface area contributed by atoms with Gasteiger partial charge in [0.25, 0.3) is 0 Å². The number of ether oxygens (including phenoxy) is 2. The lowest BCUT2D eigenvalue weighted by Crippen LogP contribution is -2.43. The molecule has 6 nitrogen and oxygen atoms in total. The second kappa shape index (κ2) is 7.70. The Hall–Kier alpha value is -1.02. The molecule has 1 aromatic rings. The predicted molar refractivity (Wildman–Crippen MR) is 88.3 cm³/mol. The monoisotopic (exact) mass is 339 g/mol. The normalized spacial score (nSPS) is 27.8. The summed E-state index contributed by atoms with van der Waals surface area (Å²) in [5.74, 6) is -0.00539. The van der Waals surface area contributed by atoms with Crippen LogP contribution in [-0.4, -0.2) is 72.8 Å². The van der Waals surface area contributed by atoms with E-state index in [9.17, 15) is 4.79 Å². The van der Waals surface area contributed by atoms with Crippen LogP contribution in [0.25, 0.3) is 0 Å². The number of hydrogen-bond donors (Lipinski definition) is 0. The number of rotatable bonds is 6. The van der Waals surface area contributed by atoms with Crippen LogP contribution < -0.4 is 0 Å². The van der Waals surface area contributed by atoms with Crippen molar-refractivity contribution in [3.8, 4) is 0 Å². The first-order chi connectivity index (χ1) is 11.1. The van der Waals surface area contributed by atoms with Crippen molar-refractivity contribution in [1.29, 1.82) is 0 Å². The van der Waals surface area contributed by atoms with Gasteiger partial charge in [0.2, 0.25) is 5.91 Å². The maximum absolute atomic E-state index is 11.5. The van der Waals surface area contributed by atoms with E-state index in [4.69, 9.17) is 9.47 Å². The molecule has 3 heterocycles. The Labute approximate surface area is 141 Å². The third-order valence-electron chi connectivity index (χ3n) is 4.60. The SMILES string of the molecule is CN(C)C(=O)COC[C@H]1CC[C@H]2[C@H](CCN2Cc2nccs2)O1. The fourth-order valence-corrected chi connectivity index (χ4v) is 3.96. The van der Waals surface area contributed by atoms with Crippen molar-refractivity contribution in [1.82, 2.24) is 14.8 Å². The van der Waals surface area contributed by atoms with Crippen molar-refractivity contribution >= 4 is 17.2 Å². The van der Waals surface area contributed by atoms with Gasteiger partial charge in [-0.25, -0.2) is 4.98 Å². The van der Waals surface area contributed by atoms with Crippen LogP contribution in [0.15, 0.2) is 11.6 Å². The Bertz CT molecular complexity index is 509. The predicted octanol–water partition coefficient (Wildman–Crippen LogP) is 1.37. The summed E-state index contributed by atoms with van der Waals surface area (Å²) in [6.45, 7) is 2.65. The zero-order chi connectivity index (χ0) is 16.2. The molecule has 2 saturated heterocycles. The molecule has 23 heavy (non-hydrogen) atoms. The average molecular weight is 339 g/mol. The van der Waals surface area contributed by atoms with E-state index in [1.807, 2.05) is 11.6 Å². The minimum absolute atomic E-state index is 0.00539. The van der Waals surface area contributed by atoms with E-state index in [1.165, 1.54) is 5.01 Å². The molecule has 0 N–H and O–H groups in total. The molecule has 0 radical (unpaired) electrons. The second-order valence-corrected chi connectivity index (χ2v) is 7.41. The Morgan fingerprint density at radius 1 is 1.48 bits per heavy atom. The van der Waals surface area contributed by atoms with Gasteiger partial charge in [0.15, 0.2) is 0 Å². The molecule has 3 rings (SSSR count). The number of carbonyl (C=O) groups excluding carboxylic acids is 1. The van der Waals surface area contributed by atoms with Gasteiger partial charge in [0.05, 0.1) is 25.4 Å². The molecule has 0 aliphatic carbocycles. The molecule has 2 aliphatic heterocycles. The number of fused-ring (bicyclic) bond motifs is 1. The molecular formula is C16H25N3O3S. The third-order valence-corrected chi connectivity index (χ3v) is 5.36. The topological polar surface area (TPSA) is 54.9 Å². The van der Waals surface area contributed by atoms with E-state index in [-0.39, 0.29) is 18.6 Å². The number of carbonyl (C=O) groups is 1. The Balaban J connectivity index is 1.42. The van der Waals surface area contributed by atoms with Gasteiger partial charge in [0.1, 0.15) is 11.6 Å². The summed E-state index contributed by atoms with van der Waals surface area (Å²) in [4.78, 5) is 19.9. The number of thiazole rings is 1. The summed E-state index contributed by atoms with van der Waals surface area (Å²) in [5.41, 5.74) is 0. The molecule has 2 fully saturated rings. The van der Waals surface area contributed by atoms with Gasteiger partial charge in [-0.15, -0.1) is 11.3 Å². The highest BCUT2D eigenvalue weighted by molar-refractivity contribution is 7.09. The van der Waals surface area contributed by atoms with Gasteiger partial charge in [0, 0.05) is 38.3 Å². The highest BCUT2D eigenvalue weighted by Gasteiger charge is 2.39. The van der Waals surface area contributed by atoms with Crippen LogP contribution in [0.3, 0.4) is 0 Å². The first kappa shape index (κ1) is 16.8. The lowest BCUT2D eigenvalue weighted by molar-refractivity contribution is -0.138. The highest BCUT2D eigenvalue weighted by atomic mass is 32.1. The van der Waals surface area contributed by atoms with Crippen LogP contribution in [-0.2, 0) is 20.8 Å². The highest BCUT2D eigenvalue weighted by Crippen LogP contribution is 2.32. The van der Waals surface area contributed by atoms with Crippen molar-refractivity contribution in [3.05, 3.63) is 16.6 Å². The first-order valence-corrected chi connectivity index (χ1v) is 9.07. The number of amides is 1. The lowest BCUT2D eigenvalue weighted by atomic mass is 9.99. The summed E-state index contributed by atoms with van der Waals surface area (Å²) >= 11 is 1.72. The minimum Gasteiger partial charge on any atom is -0.371 e. The van der Waals surface area contributed by atoms with Crippen LogP contribution >= 0.6 is 11.3 Å². The van der Waals surface area contributed by atoms with Crippen molar-refractivity contribution in [2.45, 2.75) is 44.1 Å². The van der Waals surface area contributed by atoms with Crippen molar-refractivity contribution < 1.29 is 14.3 Å². The molecule has 0 bridgehead atoms. The summed E-state index contributed by atoms with van der Waals surface area (Å²) in [7, 11) is 3.48. The molecule has 2 aliphatic rings. The maximum Gasteiger partial charge on any atom is 0.248 e. The van der Waals surface area contributed by atoms with Gasteiger partial charge < -0.3 is 14.4 Å². The van der Waals surface area contributed by atoms with Crippen LogP contribution in [0.2, 0.25) is 0 Å². The average Bonchev–Trinajstić information content (AvgIpc) is 3.17. The van der Waals surface area contributed by atoms with Gasteiger partial charge in [-0.2, -0.15) is 0 Å². The molecule has 128 valence electrons. The molecular weight excluding hydrogens is 314 g/mol. The maximum atomic E-state index is 11.5. The quantitative estimate of drug-likeness (QED) is 0.783. The first-order valence-electron chi connectivity index (χ1n) is 8.19. The fraction of sp³-hybridized carbons (Fsp3) is 0.750. The minimum atomic E-state index is -0.00539. The molecule has 0 spiro atoms. The third kappa shape index (κ3) is 4.29. The fourth-order valence-electron chi connectivity index (χ4n) is 3.32. The molecule has 1 aromatic heterocycles. The van der Waals surface area contributed by atoms with Crippen molar-refractivity contribution in [2.24, 2.45) is 0 Å². The number of likely N-dealkylation sites (N-methyl/N-ethyl adjacent to an activating group) is 1. The zero-order valence-electron chi connectivity index (χ0n) is 13.8. The number of nitrogens with zero attached hydrogens (tertiary/aromatic N) is 3. The number of hydrogen-bond acceptors (Lipinski definition) is 6. The van der Waals surface area contributed by atoms with Gasteiger partial charge in [-0.05, 0) is 19.3 Å². The molecule has 1 amide bonds. The van der Waals surface area contributed by atoms with Gasteiger partial charge in [-0.3, -0.25) is 9.69 Å². The summed E-state index contributed by atoms with van der Waals surface area (Å²) in [5, 5.41) is 3.21. The summed E-state index contributed by atoms with van der Waals surface area (Å²) < 4.78 is 11.7. The molecule has 0 aromatic carbocycles. The van der Waals surface area contributed by atoms with Gasteiger partial charge in [-0.1, -0.05) is 0 Å². The number of aromatic nitrogens is 1. The standard InChI is InChI=1S/C16H25N3O3S/c1-18(2)16(20)11-21-10-12-3-4-13-14(22-12)5-7-19(13)9-15-17-6-8-23-15/h6,8,12-14H,3-5,7,9-11H2,1-2H3/t12-,13+,14+/m1/s1. The number of likely N-dealkylation sites (tertiary alicyclic amines) is 1. The van der Waals surface area contributed by atoms with Gasteiger partial charge >= 0.3 is 0 Å². The van der Waals surface area contributed by atoms with E-state index in [0.717, 1.165) is 32.4 Å². The van der Waals surface area contributed by atoms with Crippen molar-refractivity contribution in [2.75, 3.05) is 33.9 Å². The molecule has 0 saturated carbocycles. The molecule has 0 unspecified atom stereocenters. The molecule has 7 heteroatoms. The largest absolute Gasteiger partial charge is 0.371 e. The second-order valence-electron chi connectivity index (χ2n) is 6.43. The van der Waals surface area contributed by atoms with Crippen LogP contribution in [0, 0.1) is 0 Å².